The van der Waals surface area contributed by atoms with E-state index < -0.39 is 58.0 Å². The Morgan fingerprint density at radius 3 is 2.42 bits per heavy atom. The highest BCUT2D eigenvalue weighted by molar-refractivity contribution is 6.24. The molecule has 1 aromatic carbocycles. The molecule has 4 aliphatic rings. The molecule has 2 fully saturated rings. The minimum atomic E-state index is -2.61. The molecule has 0 heterocycles. The summed E-state index contributed by atoms with van der Waals surface area (Å²) in [7, 11) is 3.18. The van der Waals surface area contributed by atoms with Crippen LogP contribution in [0.1, 0.15) is 61.6 Å². The summed E-state index contributed by atoms with van der Waals surface area (Å²) in [6.45, 7) is 0. The highest BCUT2D eigenvalue weighted by Gasteiger charge is 2.64. The number of aliphatic hydroxyl groups is 3. The molecule has 1 amide bonds. The van der Waals surface area contributed by atoms with Crippen molar-refractivity contribution in [2.45, 2.75) is 69.4 Å². The van der Waals surface area contributed by atoms with Crippen molar-refractivity contribution in [2.24, 2.45) is 23.5 Å². The van der Waals surface area contributed by atoms with Crippen LogP contribution < -0.4 is 5.73 Å². The van der Waals surface area contributed by atoms with E-state index in [1.807, 2.05) is 6.07 Å². The van der Waals surface area contributed by atoms with E-state index in [1.54, 1.807) is 14.1 Å². The Morgan fingerprint density at radius 1 is 1.11 bits per heavy atom. The molecule has 0 aliphatic heterocycles. The van der Waals surface area contributed by atoms with Crippen molar-refractivity contribution < 1.29 is 34.8 Å². The van der Waals surface area contributed by atoms with E-state index in [2.05, 4.69) is 0 Å². The number of nitrogens with zero attached hydrogens (tertiary/aromatic N) is 1. The second-order valence-corrected chi connectivity index (χ2v) is 11.6. The molecule has 204 valence electrons. The molecule has 5 rings (SSSR count). The quantitative estimate of drug-likeness (QED) is 0.367. The first kappa shape index (κ1) is 26.4. The number of aromatic hydroxyl groups is 1. The van der Waals surface area contributed by atoms with Gasteiger partial charge in [0.05, 0.1) is 11.6 Å². The topological polar surface area (TPSA) is 161 Å². The second kappa shape index (κ2) is 9.54. The number of Topliss-reactive ketones (excluding diaryl/α,β-unsaturated/α-hetero) is 2. The maximum atomic E-state index is 13.9. The van der Waals surface area contributed by atoms with Crippen molar-refractivity contribution >= 4 is 23.2 Å². The predicted octanol–water partition coefficient (Wildman–Crippen LogP) is 2.48. The third kappa shape index (κ3) is 3.86. The highest BCUT2D eigenvalue weighted by Crippen LogP contribution is 2.53. The zero-order valence-electron chi connectivity index (χ0n) is 21.9. The van der Waals surface area contributed by atoms with Crippen molar-refractivity contribution in [3.8, 4) is 5.75 Å². The minimum absolute atomic E-state index is 0.101. The largest absolute Gasteiger partial charge is 0.508 e. The number of phenols is 1. The molecule has 0 saturated heterocycles. The Morgan fingerprint density at radius 2 is 1.79 bits per heavy atom. The Kier molecular flexibility index (Phi) is 6.64. The number of primary amides is 1. The van der Waals surface area contributed by atoms with Gasteiger partial charge in [-0.05, 0) is 68.8 Å². The number of phenolic OH excluding ortho intramolecular Hbond substituents is 1. The SMILES string of the molecule is CN(C)[C@@H]1C(=O)C(C(N)=O)=C(O)[C@]2(O)C(=O)C3=C(O)c4c(O)ccc(CCC5CCCCC5)c4C[C@H]3C[C@@H]12. The molecule has 0 spiro atoms. The molecule has 4 atom stereocenters. The summed E-state index contributed by atoms with van der Waals surface area (Å²) in [4.78, 5) is 40.7. The maximum Gasteiger partial charge on any atom is 0.255 e. The van der Waals surface area contributed by atoms with E-state index in [9.17, 15) is 34.8 Å². The molecule has 4 aliphatic carbocycles. The van der Waals surface area contributed by atoms with E-state index in [4.69, 9.17) is 5.73 Å². The average molecular weight is 525 g/mol. The van der Waals surface area contributed by atoms with Gasteiger partial charge in [-0.1, -0.05) is 38.2 Å². The van der Waals surface area contributed by atoms with Crippen LogP contribution in [0.5, 0.6) is 5.75 Å². The number of benzene rings is 1. The Balaban J connectivity index is 1.60. The van der Waals surface area contributed by atoms with Gasteiger partial charge in [0.1, 0.15) is 22.8 Å². The maximum absolute atomic E-state index is 13.9. The predicted molar refractivity (Wildman–Crippen MR) is 139 cm³/mol. The number of aliphatic hydroxyl groups excluding tert-OH is 2. The van der Waals surface area contributed by atoms with Gasteiger partial charge in [0.2, 0.25) is 5.78 Å². The van der Waals surface area contributed by atoms with Gasteiger partial charge in [0.25, 0.3) is 5.91 Å². The summed E-state index contributed by atoms with van der Waals surface area (Å²) in [5, 5.41) is 44.7. The zero-order valence-corrected chi connectivity index (χ0v) is 21.9. The van der Waals surface area contributed by atoms with Crippen molar-refractivity contribution in [1.82, 2.24) is 4.90 Å². The number of likely N-dealkylation sites (N-methyl/N-ethyl adjacent to an activating group) is 1. The number of fused-ring (bicyclic) bond motifs is 3. The summed E-state index contributed by atoms with van der Waals surface area (Å²) in [5.41, 5.74) is 3.78. The van der Waals surface area contributed by atoms with Crippen LogP contribution in [-0.4, -0.2) is 68.5 Å². The number of aryl methyl sites for hydroxylation is 1. The van der Waals surface area contributed by atoms with E-state index in [1.165, 1.54) is 43.1 Å². The highest BCUT2D eigenvalue weighted by atomic mass is 16.3. The Hall–Kier alpha value is -3.17. The summed E-state index contributed by atoms with van der Waals surface area (Å²) in [6.07, 6.45) is 8.40. The number of hydrogen-bond donors (Lipinski definition) is 5. The second-order valence-electron chi connectivity index (χ2n) is 11.6. The van der Waals surface area contributed by atoms with Crippen LogP contribution in [0.4, 0.5) is 0 Å². The Labute approximate surface area is 221 Å². The molecular formula is C29H36N2O7. The van der Waals surface area contributed by atoms with Crippen molar-refractivity contribution in [2.75, 3.05) is 14.1 Å². The van der Waals surface area contributed by atoms with Gasteiger partial charge in [-0.25, -0.2) is 0 Å². The first-order chi connectivity index (χ1) is 18.0. The van der Waals surface area contributed by atoms with E-state index in [0.29, 0.717) is 12.3 Å². The molecule has 0 bridgehead atoms. The van der Waals surface area contributed by atoms with Gasteiger partial charge < -0.3 is 26.2 Å². The first-order valence-corrected chi connectivity index (χ1v) is 13.5. The lowest BCUT2D eigenvalue weighted by molar-refractivity contribution is -0.153. The summed E-state index contributed by atoms with van der Waals surface area (Å²) in [6, 6.07) is 2.31. The van der Waals surface area contributed by atoms with Crippen molar-refractivity contribution in [1.29, 1.82) is 0 Å². The fraction of sp³-hybridized carbons (Fsp3) is 0.552. The fourth-order valence-corrected chi connectivity index (χ4v) is 7.38. The lowest BCUT2D eigenvalue weighted by Crippen LogP contribution is -2.65. The third-order valence-corrected chi connectivity index (χ3v) is 9.25. The number of hydrogen-bond acceptors (Lipinski definition) is 8. The van der Waals surface area contributed by atoms with E-state index in [-0.39, 0.29) is 23.3 Å². The van der Waals surface area contributed by atoms with Crippen LogP contribution >= 0.6 is 0 Å². The van der Waals surface area contributed by atoms with Gasteiger partial charge in [0, 0.05) is 11.5 Å². The van der Waals surface area contributed by atoms with Gasteiger partial charge >= 0.3 is 0 Å². The van der Waals surface area contributed by atoms with Crippen molar-refractivity contribution in [3.05, 3.63) is 45.7 Å². The smallest absolute Gasteiger partial charge is 0.255 e. The van der Waals surface area contributed by atoms with Crippen LogP contribution in [0.2, 0.25) is 0 Å². The number of amides is 1. The first-order valence-electron chi connectivity index (χ1n) is 13.5. The van der Waals surface area contributed by atoms with Crippen molar-refractivity contribution in [3.63, 3.8) is 0 Å². The van der Waals surface area contributed by atoms with E-state index >= 15 is 0 Å². The van der Waals surface area contributed by atoms with Crippen LogP contribution in [0, 0.1) is 17.8 Å². The van der Waals surface area contributed by atoms with Gasteiger partial charge in [0.15, 0.2) is 11.4 Å². The standard InChI is InChI=1S/C29H36N2O7/c1-31(2)23-18-13-16-12-17-15(9-8-14-6-4-3-5-7-14)10-11-19(32)21(17)24(33)20(16)26(35)29(18,38)27(36)22(25(23)34)28(30)37/h10-11,14,16,18,23,32-33,36,38H,3-9,12-13H2,1-2H3,(H2,30,37)/t16-,18-,23-,29+/m0/s1. The Bertz CT molecular complexity index is 1270. The molecule has 0 aromatic heterocycles. The zero-order chi connectivity index (χ0) is 27.5. The molecule has 1 aromatic rings. The summed E-state index contributed by atoms with van der Waals surface area (Å²) >= 11 is 0. The third-order valence-electron chi connectivity index (χ3n) is 9.25. The molecule has 6 N–H and O–H groups in total. The van der Waals surface area contributed by atoms with Crippen LogP contribution in [-0.2, 0) is 27.2 Å². The summed E-state index contributed by atoms with van der Waals surface area (Å²) < 4.78 is 0. The molecule has 38 heavy (non-hydrogen) atoms. The molecule has 2 saturated carbocycles. The van der Waals surface area contributed by atoms with Gasteiger partial charge in [-0.2, -0.15) is 0 Å². The number of carbonyl (C=O) groups excluding carboxylic acids is 3. The lowest BCUT2D eigenvalue weighted by Gasteiger charge is -2.50. The normalized spacial score (nSPS) is 29.8. The summed E-state index contributed by atoms with van der Waals surface area (Å²) in [5.74, 6) is -5.62. The minimum Gasteiger partial charge on any atom is -0.508 e. The number of nitrogens with two attached hydrogens (primary N) is 1. The molecular weight excluding hydrogens is 488 g/mol. The van der Waals surface area contributed by atoms with Gasteiger partial charge in [-0.3, -0.25) is 19.3 Å². The molecule has 0 unspecified atom stereocenters. The van der Waals surface area contributed by atoms with Gasteiger partial charge in [-0.15, -0.1) is 0 Å². The monoisotopic (exact) mass is 524 g/mol. The number of carbonyl (C=O) groups is 3. The van der Waals surface area contributed by atoms with E-state index in [0.717, 1.165) is 24.0 Å². The molecule has 9 nitrogen and oxygen atoms in total. The fourth-order valence-electron chi connectivity index (χ4n) is 7.38. The van der Waals surface area contributed by atoms with Crippen LogP contribution in [0.15, 0.2) is 29.0 Å². The lowest BCUT2D eigenvalue weighted by atomic mass is 9.57. The van der Waals surface area contributed by atoms with Crippen LogP contribution in [0.25, 0.3) is 5.76 Å². The van der Waals surface area contributed by atoms with Crippen LogP contribution in [0.3, 0.4) is 0 Å². The molecule has 0 radical (unpaired) electrons. The number of ketones is 2. The molecule has 9 heteroatoms. The number of rotatable bonds is 5. The average Bonchev–Trinajstić information content (AvgIpc) is 2.86.